The van der Waals surface area contributed by atoms with Gasteiger partial charge in [0, 0.05) is 20.5 Å². The first-order valence-corrected chi connectivity index (χ1v) is 13.9. The topological polar surface area (TPSA) is 211 Å². The van der Waals surface area contributed by atoms with Crippen molar-refractivity contribution in [2.24, 2.45) is 0 Å². The summed E-state index contributed by atoms with van der Waals surface area (Å²) in [7, 11) is 0. The van der Waals surface area contributed by atoms with Crippen LogP contribution < -0.4 is 0 Å². The van der Waals surface area contributed by atoms with Gasteiger partial charge in [0.1, 0.15) is 62.0 Å². The molecule has 40 heavy (non-hydrogen) atoms. The minimum atomic E-state index is -1.77. The van der Waals surface area contributed by atoms with E-state index in [4.69, 9.17) is 33.5 Å². The monoisotopic (exact) mass is 582 g/mol. The number of carbonyl (C=O) groups is 2. The summed E-state index contributed by atoms with van der Waals surface area (Å²) in [6.45, 7) is 3.52. The van der Waals surface area contributed by atoms with E-state index >= 15 is 0 Å². The van der Waals surface area contributed by atoms with Gasteiger partial charge in [-0.2, -0.15) is 0 Å². The number of hydrogen-bond donors (Lipinski definition) is 6. The number of esters is 2. The van der Waals surface area contributed by atoms with Gasteiger partial charge in [-0.25, -0.2) is 0 Å². The molecule has 2 fully saturated rings. The van der Waals surface area contributed by atoms with Gasteiger partial charge in [-0.05, 0) is 19.8 Å². The molecule has 2 heterocycles. The van der Waals surface area contributed by atoms with Crippen molar-refractivity contribution in [2.45, 2.75) is 133 Å². The number of aliphatic hydroxyl groups is 6. The van der Waals surface area contributed by atoms with Crippen molar-refractivity contribution in [1.82, 2.24) is 0 Å². The lowest BCUT2D eigenvalue weighted by atomic mass is 9.97. The zero-order valence-corrected chi connectivity index (χ0v) is 23.4. The van der Waals surface area contributed by atoms with Crippen LogP contribution in [0.4, 0.5) is 0 Å². The van der Waals surface area contributed by atoms with Crippen LogP contribution in [0.3, 0.4) is 0 Å². The maximum absolute atomic E-state index is 11.3. The highest BCUT2D eigenvalue weighted by Gasteiger charge is 2.51. The van der Waals surface area contributed by atoms with Crippen molar-refractivity contribution in [2.75, 3.05) is 19.8 Å². The third kappa shape index (κ3) is 10.7. The SMILES string of the molecule is CC(=O)OCC1O[C@@H](OC2C(O)[C@H](O)C(COC(C)=O)O[C@@H]2OC(C)CCCCCCCCO)C(O)C(O)[C@@H]1O. The molecule has 0 aliphatic carbocycles. The molecule has 2 rings (SSSR count). The van der Waals surface area contributed by atoms with Crippen LogP contribution in [0.1, 0.15) is 65.7 Å². The van der Waals surface area contributed by atoms with Gasteiger partial charge in [0.2, 0.25) is 0 Å². The van der Waals surface area contributed by atoms with E-state index in [9.17, 15) is 35.1 Å². The van der Waals surface area contributed by atoms with Crippen LogP contribution in [0.5, 0.6) is 0 Å². The Kier molecular flexibility index (Phi) is 15.2. The fourth-order valence-corrected chi connectivity index (χ4v) is 4.57. The van der Waals surface area contributed by atoms with Gasteiger partial charge in [-0.1, -0.05) is 32.1 Å². The van der Waals surface area contributed by atoms with E-state index in [1.54, 1.807) is 6.92 Å². The second-order valence-corrected chi connectivity index (χ2v) is 10.3. The summed E-state index contributed by atoms with van der Waals surface area (Å²) in [5.74, 6) is -1.27. The summed E-state index contributed by atoms with van der Waals surface area (Å²) in [5, 5.41) is 61.5. The quantitative estimate of drug-likeness (QED) is 0.0940. The van der Waals surface area contributed by atoms with Crippen LogP contribution in [0.25, 0.3) is 0 Å². The molecule has 0 aromatic carbocycles. The van der Waals surface area contributed by atoms with Crippen molar-refractivity contribution in [1.29, 1.82) is 0 Å². The highest BCUT2D eigenvalue weighted by molar-refractivity contribution is 5.66. The third-order valence-electron chi connectivity index (χ3n) is 6.89. The van der Waals surface area contributed by atoms with Crippen LogP contribution in [-0.2, 0) is 38.0 Å². The normalized spacial score (nSPS) is 35.2. The van der Waals surface area contributed by atoms with E-state index < -0.39 is 80.0 Å². The molecule has 6 N–H and O–H groups in total. The molecule has 2 aliphatic heterocycles. The maximum atomic E-state index is 11.3. The summed E-state index contributed by atoms with van der Waals surface area (Å²) < 4.78 is 33.0. The number of carbonyl (C=O) groups excluding carboxylic acids is 2. The molecule has 2 aliphatic rings. The molecular weight excluding hydrogens is 536 g/mol. The molecule has 0 saturated carbocycles. The Bertz CT molecular complexity index is 753. The summed E-state index contributed by atoms with van der Waals surface area (Å²) in [6, 6.07) is 0. The van der Waals surface area contributed by atoms with Crippen molar-refractivity contribution in [3.05, 3.63) is 0 Å². The zero-order valence-electron chi connectivity index (χ0n) is 23.4. The Labute approximate surface area is 234 Å². The van der Waals surface area contributed by atoms with Gasteiger partial charge in [0.05, 0.1) is 6.10 Å². The first-order chi connectivity index (χ1) is 19.0. The van der Waals surface area contributed by atoms with Gasteiger partial charge in [-0.15, -0.1) is 0 Å². The van der Waals surface area contributed by atoms with E-state index in [1.165, 1.54) is 6.92 Å². The second-order valence-electron chi connectivity index (χ2n) is 10.3. The molecule has 234 valence electrons. The Morgan fingerprint density at radius 2 is 1.20 bits per heavy atom. The Morgan fingerprint density at radius 1 is 0.700 bits per heavy atom. The van der Waals surface area contributed by atoms with Crippen LogP contribution in [0, 0.1) is 0 Å². The van der Waals surface area contributed by atoms with E-state index in [1.807, 2.05) is 0 Å². The number of hydrogen-bond acceptors (Lipinski definition) is 14. The third-order valence-corrected chi connectivity index (χ3v) is 6.89. The molecule has 0 bridgehead atoms. The number of rotatable bonds is 16. The molecule has 14 nitrogen and oxygen atoms in total. The highest BCUT2D eigenvalue weighted by atomic mass is 16.8. The lowest BCUT2D eigenvalue weighted by Gasteiger charge is -2.46. The molecule has 0 aromatic rings. The number of unbranched alkanes of at least 4 members (excludes halogenated alkanes) is 5. The average Bonchev–Trinajstić information content (AvgIpc) is 2.90. The highest BCUT2D eigenvalue weighted by Crippen LogP contribution is 2.31. The predicted octanol–water partition coefficient (Wildman–Crippen LogP) is -1.12. The number of ether oxygens (including phenoxy) is 6. The van der Waals surface area contributed by atoms with E-state index in [0.717, 1.165) is 45.4 Å². The fraction of sp³-hybridized carbons (Fsp3) is 0.923. The van der Waals surface area contributed by atoms with E-state index in [-0.39, 0.29) is 19.3 Å². The molecule has 11 atom stereocenters. The summed E-state index contributed by atoms with van der Waals surface area (Å²) in [4.78, 5) is 22.5. The minimum Gasteiger partial charge on any atom is -0.463 e. The van der Waals surface area contributed by atoms with Crippen LogP contribution in [0.2, 0.25) is 0 Å². The molecule has 14 heteroatoms. The number of aliphatic hydroxyl groups excluding tert-OH is 6. The van der Waals surface area contributed by atoms with Crippen molar-refractivity contribution in [3.8, 4) is 0 Å². The Hall–Kier alpha value is -1.46. The zero-order chi connectivity index (χ0) is 29.8. The van der Waals surface area contributed by atoms with Gasteiger partial charge in [0.15, 0.2) is 12.6 Å². The van der Waals surface area contributed by atoms with Gasteiger partial charge < -0.3 is 59.1 Å². The van der Waals surface area contributed by atoms with Crippen LogP contribution in [0.15, 0.2) is 0 Å². The summed E-state index contributed by atoms with van der Waals surface area (Å²) in [5.41, 5.74) is 0. The van der Waals surface area contributed by atoms with Crippen molar-refractivity contribution < 1.29 is 68.6 Å². The molecule has 7 unspecified atom stereocenters. The van der Waals surface area contributed by atoms with Gasteiger partial charge >= 0.3 is 11.9 Å². The van der Waals surface area contributed by atoms with E-state index in [0.29, 0.717) is 6.42 Å². The molecule has 0 spiro atoms. The molecular formula is C26H46O14. The maximum Gasteiger partial charge on any atom is 0.302 e. The predicted molar refractivity (Wildman–Crippen MR) is 135 cm³/mol. The Balaban J connectivity index is 2.10. The minimum absolute atomic E-state index is 0.184. The second kappa shape index (κ2) is 17.5. The van der Waals surface area contributed by atoms with Gasteiger partial charge in [-0.3, -0.25) is 9.59 Å². The van der Waals surface area contributed by atoms with Crippen molar-refractivity contribution in [3.63, 3.8) is 0 Å². The fourth-order valence-electron chi connectivity index (χ4n) is 4.57. The molecule has 2 saturated heterocycles. The smallest absolute Gasteiger partial charge is 0.302 e. The molecule has 0 radical (unpaired) electrons. The standard InChI is InChI=1S/C26H46O14/c1-14(10-8-6-4-5-7-9-11-27)37-26-24(22(33)20(31)18(39-26)13-36-16(3)29)40-25-23(34)21(32)19(30)17(38-25)12-35-15(2)28/h14,17-27,30-34H,4-13H2,1-3H3/t14?,17?,18?,19-,20-,21?,22?,23?,24?,25+,26+/m1/s1. The lowest BCUT2D eigenvalue weighted by molar-refractivity contribution is -0.371. The molecule has 0 amide bonds. The van der Waals surface area contributed by atoms with E-state index in [2.05, 4.69) is 0 Å². The summed E-state index contributed by atoms with van der Waals surface area (Å²) in [6.07, 6.45) is -9.28. The molecule has 0 aromatic heterocycles. The summed E-state index contributed by atoms with van der Waals surface area (Å²) >= 11 is 0. The first kappa shape index (κ1) is 34.7. The lowest BCUT2D eigenvalue weighted by Crippen LogP contribution is -2.65. The van der Waals surface area contributed by atoms with Crippen LogP contribution >= 0.6 is 0 Å². The largest absolute Gasteiger partial charge is 0.463 e. The van der Waals surface area contributed by atoms with Gasteiger partial charge in [0.25, 0.3) is 0 Å². The first-order valence-electron chi connectivity index (χ1n) is 13.9. The average molecular weight is 583 g/mol. The van der Waals surface area contributed by atoms with Crippen molar-refractivity contribution >= 4 is 11.9 Å². The Morgan fingerprint density at radius 3 is 1.75 bits per heavy atom. The van der Waals surface area contributed by atoms with Crippen LogP contribution in [-0.4, -0.2) is 130 Å².